The van der Waals surface area contributed by atoms with Gasteiger partial charge in [0.15, 0.2) is 17.3 Å². The minimum absolute atomic E-state index is 0.300. The van der Waals surface area contributed by atoms with Gasteiger partial charge in [-0.1, -0.05) is 0 Å². The van der Waals surface area contributed by atoms with E-state index in [0.717, 1.165) is 37.4 Å². The summed E-state index contributed by atoms with van der Waals surface area (Å²) >= 11 is 0. The van der Waals surface area contributed by atoms with Crippen LogP contribution >= 0.6 is 0 Å². The Labute approximate surface area is 134 Å². The molecule has 3 heterocycles. The van der Waals surface area contributed by atoms with E-state index in [1.807, 2.05) is 11.9 Å². The summed E-state index contributed by atoms with van der Waals surface area (Å²) in [6, 6.07) is 4.57. The van der Waals surface area contributed by atoms with E-state index < -0.39 is 0 Å². The quantitative estimate of drug-likeness (QED) is 0.835. The lowest BCUT2D eigenvalue weighted by molar-refractivity contribution is 0.487. The van der Waals surface area contributed by atoms with E-state index in [9.17, 15) is 0 Å². The molecule has 0 spiro atoms. The number of aryl methyl sites for hydroxylation is 2. The first-order chi connectivity index (χ1) is 11.3. The van der Waals surface area contributed by atoms with Crippen molar-refractivity contribution in [1.82, 2.24) is 20.2 Å². The van der Waals surface area contributed by atoms with Gasteiger partial charge in [0, 0.05) is 32.5 Å². The molecule has 116 valence electrons. The largest absolute Gasteiger partial charge is 0.351 e. The lowest BCUT2D eigenvalue weighted by Crippen LogP contribution is -2.59. The van der Waals surface area contributed by atoms with Gasteiger partial charge in [-0.15, -0.1) is 5.10 Å². The van der Waals surface area contributed by atoms with E-state index in [0.29, 0.717) is 17.6 Å². The Morgan fingerprint density at radius 3 is 2.87 bits per heavy atom. The van der Waals surface area contributed by atoms with E-state index in [4.69, 9.17) is 5.26 Å². The SMILES string of the molecule is CN(c1nccnc1C#N)C1CN(c2cc3c(nn2)CCC3)C1. The average molecular weight is 307 g/mol. The second-order valence-electron chi connectivity index (χ2n) is 6.04. The lowest BCUT2D eigenvalue weighted by Gasteiger charge is -2.44. The maximum Gasteiger partial charge on any atom is 0.183 e. The monoisotopic (exact) mass is 307 g/mol. The van der Waals surface area contributed by atoms with Crippen molar-refractivity contribution < 1.29 is 0 Å². The van der Waals surface area contributed by atoms with Crippen LogP contribution in [0.15, 0.2) is 18.5 Å². The summed E-state index contributed by atoms with van der Waals surface area (Å²) in [5, 5.41) is 17.8. The third-order valence-electron chi connectivity index (χ3n) is 4.66. The van der Waals surface area contributed by atoms with Crippen molar-refractivity contribution >= 4 is 11.6 Å². The lowest BCUT2D eigenvalue weighted by atomic mass is 10.1. The van der Waals surface area contributed by atoms with Gasteiger partial charge in [-0.3, -0.25) is 0 Å². The molecule has 7 heteroatoms. The smallest absolute Gasteiger partial charge is 0.183 e. The highest BCUT2D eigenvalue weighted by molar-refractivity contribution is 5.53. The normalized spacial score (nSPS) is 16.6. The Bertz CT molecular complexity index is 776. The highest BCUT2D eigenvalue weighted by atomic mass is 15.4. The number of rotatable bonds is 3. The maximum atomic E-state index is 9.15. The van der Waals surface area contributed by atoms with E-state index in [-0.39, 0.29) is 0 Å². The molecule has 1 saturated heterocycles. The number of likely N-dealkylation sites (N-methyl/N-ethyl adjacent to an activating group) is 1. The molecule has 1 aliphatic carbocycles. The van der Waals surface area contributed by atoms with Crippen LogP contribution in [-0.2, 0) is 12.8 Å². The van der Waals surface area contributed by atoms with E-state index in [2.05, 4.69) is 37.2 Å². The third kappa shape index (κ3) is 2.36. The van der Waals surface area contributed by atoms with Gasteiger partial charge in [0.1, 0.15) is 6.07 Å². The van der Waals surface area contributed by atoms with Crippen LogP contribution in [0.5, 0.6) is 0 Å². The predicted octanol–water partition coefficient (Wildman–Crippen LogP) is 0.952. The van der Waals surface area contributed by atoms with Crippen LogP contribution in [0.25, 0.3) is 0 Å². The van der Waals surface area contributed by atoms with Crippen LogP contribution in [0.3, 0.4) is 0 Å². The molecular formula is C16H17N7. The zero-order valence-corrected chi connectivity index (χ0v) is 13.0. The first kappa shape index (κ1) is 13.9. The summed E-state index contributed by atoms with van der Waals surface area (Å²) in [4.78, 5) is 12.6. The molecule has 4 rings (SSSR count). The molecule has 0 N–H and O–H groups in total. The van der Waals surface area contributed by atoms with Crippen LogP contribution in [0.2, 0.25) is 0 Å². The maximum absolute atomic E-state index is 9.15. The number of hydrogen-bond donors (Lipinski definition) is 0. The molecule has 0 aromatic carbocycles. The number of aromatic nitrogens is 4. The summed E-state index contributed by atoms with van der Waals surface area (Å²) in [6.45, 7) is 1.71. The zero-order valence-electron chi connectivity index (χ0n) is 13.0. The van der Waals surface area contributed by atoms with E-state index >= 15 is 0 Å². The number of nitriles is 1. The molecule has 0 bridgehead atoms. The standard InChI is InChI=1S/C16H17N7/c1-22(16-14(8-17)18-5-6-19-16)12-9-23(10-12)15-7-11-3-2-4-13(11)20-21-15/h5-7,12H,2-4,9-10H2,1H3. The van der Waals surface area contributed by atoms with Crippen LogP contribution in [0.1, 0.15) is 23.4 Å². The van der Waals surface area contributed by atoms with Crippen LogP contribution < -0.4 is 9.80 Å². The summed E-state index contributed by atoms with van der Waals surface area (Å²) in [7, 11) is 1.96. The summed E-state index contributed by atoms with van der Waals surface area (Å²) < 4.78 is 0. The Morgan fingerprint density at radius 1 is 1.22 bits per heavy atom. The molecule has 2 aliphatic rings. The molecule has 0 unspecified atom stereocenters. The topological polar surface area (TPSA) is 81.8 Å². The van der Waals surface area contributed by atoms with Crippen molar-refractivity contribution in [2.45, 2.75) is 25.3 Å². The minimum atomic E-state index is 0.300. The molecule has 0 atom stereocenters. The van der Waals surface area contributed by atoms with E-state index in [1.165, 1.54) is 12.0 Å². The van der Waals surface area contributed by atoms with Gasteiger partial charge in [0.25, 0.3) is 0 Å². The Balaban J connectivity index is 1.46. The molecule has 23 heavy (non-hydrogen) atoms. The minimum Gasteiger partial charge on any atom is -0.351 e. The highest BCUT2D eigenvalue weighted by Crippen LogP contribution is 2.28. The van der Waals surface area contributed by atoms with Gasteiger partial charge < -0.3 is 9.80 Å². The summed E-state index contributed by atoms with van der Waals surface area (Å²) in [6.07, 6.45) is 6.51. The molecular weight excluding hydrogens is 290 g/mol. The zero-order chi connectivity index (χ0) is 15.8. The fraction of sp³-hybridized carbons (Fsp3) is 0.438. The number of anilines is 2. The van der Waals surface area contributed by atoms with Gasteiger partial charge in [-0.2, -0.15) is 10.4 Å². The van der Waals surface area contributed by atoms with Gasteiger partial charge >= 0.3 is 0 Å². The third-order valence-corrected chi connectivity index (χ3v) is 4.66. The van der Waals surface area contributed by atoms with Gasteiger partial charge in [0.2, 0.25) is 0 Å². The van der Waals surface area contributed by atoms with Gasteiger partial charge in [0.05, 0.1) is 11.7 Å². The fourth-order valence-electron chi connectivity index (χ4n) is 3.20. The molecule has 2 aromatic heterocycles. The number of fused-ring (bicyclic) bond motifs is 1. The van der Waals surface area contributed by atoms with Crippen LogP contribution in [0, 0.1) is 11.3 Å². The van der Waals surface area contributed by atoms with Crippen LogP contribution in [-0.4, -0.2) is 46.3 Å². The van der Waals surface area contributed by atoms with Gasteiger partial charge in [-0.25, -0.2) is 9.97 Å². The van der Waals surface area contributed by atoms with Crippen molar-refractivity contribution in [3.8, 4) is 6.07 Å². The van der Waals surface area contributed by atoms with Crippen molar-refractivity contribution in [2.75, 3.05) is 29.9 Å². The Kier molecular flexibility index (Phi) is 3.30. The van der Waals surface area contributed by atoms with Crippen molar-refractivity contribution in [1.29, 1.82) is 5.26 Å². The highest BCUT2D eigenvalue weighted by Gasteiger charge is 2.33. The second kappa shape index (κ2) is 5.47. The first-order valence-electron chi connectivity index (χ1n) is 7.80. The molecule has 1 fully saturated rings. The average Bonchev–Trinajstić information content (AvgIpc) is 3.01. The number of hydrogen-bond acceptors (Lipinski definition) is 7. The second-order valence-corrected chi connectivity index (χ2v) is 6.04. The first-order valence-corrected chi connectivity index (χ1v) is 7.80. The molecule has 0 saturated carbocycles. The van der Waals surface area contributed by atoms with Gasteiger partial charge in [-0.05, 0) is 30.9 Å². The Morgan fingerprint density at radius 2 is 2.04 bits per heavy atom. The molecule has 0 radical (unpaired) electrons. The van der Waals surface area contributed by atoms with Crippen LogP contribution in [0.4, 0.5) is 11.6 Å². The summed E-state index contributed by atoms with van der Waals surface area (Å²) in [5.41, 5.74) is 2.86. The molecule has 2 aromatic rings. The van der Waals surface area contributed by atoms with Crippen molar-refractivity contribution in [3.05, 3.63) is 35.4 Å². The molecule has 7 nitrogen and oxygen atoms in total. The van der Waals surface area contributed by atoms with Crippen molar-refractivity contribution in [2.24, 2.45) is 0 Å². The molecule has 0 amide bonds. The predicted molar refractivity (Wildman–Crippen MR) is 85.2 cm³/mol. The fourth-order valence-corrected chi connectivity index (χ4v) is 3.20. The van der Waals surface area contributed by atoms with Crippen molar-refractivity contribution in [3.63, 3.8) is 0 Å². The molecule has 1 aliphatic heterocycles. The van der Waals surface area contributed by atoms with E-state index in [1.54, 1.807) is 12.4 Å². The Hall–Kier alpha value is -2.75. The summed E-state index contributed by atoms with van der Waals surface area (Å²) in [5.74, 6) is 1.59. The number of nitrogens with zero attached hydrogens (tertiary/aromatic N) is 7.